The van der Waals surface area contributed by atoms with Crippen LogP contribution in [-0.4, -0.2) is 78.3 Å². The zero-order chi connectivity index (χ0) is 21.6. The van der Waals surface area contributed by atoms with Crippen LogP contribution in [0.25, 0.3) is 0 Å². The first-order valence-electron chi connectivity index (χ1n) is 9.14. The van der Waals surface area contributed by atoms with E-state index in [9.17, 15) is 33.4 Å². The minimum absolute atomic E-state index is 0.00993. The Morgan fingerprint density at radius 2 is 1.63 bits per heavy atom. The predicted octanol–water partition coefficient (Wildman–Crippen LogP) is 0.468. The van der Waals surface area contributed by atoms with Gasteiger partial charge in [-0.2, -0.15) is 0 Å². The molecule has 30 heavy (non-hydrogen) atoms. The first kappa shape index (κ1) is 20.2. The topological polar surface area (TPSA) is 138 Å². The molecule has 9 nitrogen and oxygen atoms in total. The molecule has 1 heterocycles. The van der Waals surface area contributed by atoms with E-state index in [0.717, 1.165) is 6.07 Å². The van der Waals surface area contributed by atoms with Gasteiger partial charge in [0.05, 0.1) is 17.0 Å². The van der Waals surface area contributed by atoms with Crippen molar-refractivity contribution in [2.45, 2.75) is 0 Å². The van der Waals surface area contributed by atoms with Crippen LogP contribution in [-0.2, 0) is 11.1 Å². The molecule has 1 aliphatic carbocycles. The number of ketones is 2. The summed E-state index contributed by atoms with van der Waals surface area (Å²) in [4.78, 5) is 41.8. The minimum atomic E-state index is -2.20. The van der Waals surface area contributed by atoms with Crippen LogP contribution in [0.5, 0.6) is 11.5 Å². The third-order valence-electron chi connectivity index (χ3n) is 5.30. The summed E-state index contributed by atoms with van der Waals surface area (Å²) in [5, 5.41) is 20.4. The molecule has 0 aromatic heterocycles. The number of phenolic OH excluding ortho intramolecular Hbond substituents is 2. The number of benzene rings is 2. The zero-order valence-electron chi connectivity index (χ0n) is 15.7. The number of fused-ring (bicyclic) bond motifs is 2. The van der Waals surface area contributed by atoms with Gasteiger partial charge in [-0.3, -0.25) is 23.5 Å². The summed E-state index contributed by atoms with van der Waals surface area (Å²) in [6.07, 6.45) is 0. The van der Waals surface area contributed by atoms with E-state index >= 15 is 0 Å². The number of nitrogens with zero attached hydrogens (tertiary/aromatic N) is 2. The molecule has 0 bridgehead atoms. The van der Waals surface area contributed by atoms with Gasteiger partial charge in [-0.15, -0.1) is 0 Å². The Hall–Kier alpha value is -3.08. The Kier molecular flexibility index (Phi) is 5.14. The van der Waals surface area contributed by atoms with E-state index in [4.69, 9.17) is 0 Å². The van der Waals surface area contributed by atoms with Crippen molar-refractivity contribution in [2.75, 3.05) is 32.1 Å². The van der Waals surface area contributed by atoms with Gasteiger partial charge in [0.2, 0.25) is 5.78 Å². The lowest BCUT2D eigenvalue weighted by Crippen LogP contribution is -2.49. The summed E-state index contributed by atoms with van der Waals surface area (Å²) in [6.45, 7) is 1.33. The molecule has 4 rings (SSSR count). The van der Waals surface area contributed by atoms with E-state index < -0.39 is 34.3 Å². The van der Waals surface area contributed by atoms with Gasteiger partial charge >= 0.3 is 0 Å². The molecule has 2 N–H and O–H groups in total. The number of carbonyl (C=O) groups is 3. The molecule has 1 unspecified atom stereocenters. The fraction of sp³-hybridized carbons (Fsp3) is 0.250. The van der Waals surface area contributed by atoms with Gasteiger partial charge < -0.3 is 19.7 Å². The van der Waals surface area contributed by atoms with E-state index in [1.54, 1.807) is 4.90 Å². The second-order valence-electron chi connectivity index (χ2n) is 7.12. The first-order valence-corrected chi connectivity index (χ1v) is 10.4. The number of phenols is 2. The van der Waals surface area contributed by atoms with E-state index in [-0.39, 0.29) is 52.5 Å². The van der Waals surface area contributed by atoms with Crippen LogP contribution in [0.3, 0.4) is 0 Å². The molecule has 1 amide bonds. The predicted molar refractivity (Wildman–Crippen MR) is 104 cm³/mol. The summed E-state index contributed by atoms with van der Waals surface area (Å²) in [5.41, 5.74) is -0.445. The first-order chi connectivity index (χ1) is 14.3. The van der Waals surface area contributed by atoms with E-state index in [2.05, 4.69) is 0 Å². The Balaban J connectivity index is 1.64. The summed E-state index contributed by atoms with van der Waals surface area (Å²) in [7, 11) is 0. The molecule has 1 aliphatic heterocycles. The van der Waals surface area contributed by atoms with Crippen LogP contribution in [0.2, 0.25) is 0 Å². The lowest BCUT2D eigenvalue weighted by molar-refractivity contribution is 0.0655. The van der Waals surface area contributed by atoms with Crippen LogP contribution in [0.4, 0.5) is 0 Å². The average Bonchev–Trinajstić information content (AvgIpc) is 2.71. The van der Waals surface area contributed by atoms with Gasteiger partial charge in [0.15, 0.2) is 5.78 Å². The van der Waals surface area contributed by atoms with Crippen molar-refractivity contribution >= 4 is 28.6 Å². The fourth-order valence-corrected chi connectivity index (χ4v) is 4.37. The largest absolute Gasteiger partial charge is 0.771 e. The van der Waals surface area contributed by atoms with Gasteiger partial charge in [-0.25, -0.2) is 0 Å². The van der Waals surface area contributed by atoms with Gasteiger partial charge in [0.1, 0.15) is 11.5 Å². The molecule has 0 radical (unpaired) electrons. The zero-order valence-corrected chi connectivity index (χ0v) is 16.5. The number of carbonyl (C=O) groups excluding carboxylic acids is 3. The van der Waals surface area contributed by atoms with Crippen molar-refractivity contribution in [1.82, 2.24) is 9.80 Å². The molecule has 2 aromatic rings. The molecule has 2 aromatic carbocycles. The monoisotopic (exact) mass is 429 g/mol. The highest BCUT2D eigenvalue weighted by atomic mass is 32.2. The maximum atomic E-state index is 12.9. The highest BCUT2D eigenvalue weighted by molar-refractivity contribution is 7.79. The quantitative estimate of drug-likeness (QED) is 0.573. The lowest BCUT2D eigenvalue weighted by atomic mass is 9.82. The average molecular weight is 429 g/mol. The third-order valence-corrected chi connectivity index (χ3v) is 5.87. The summed E-state index contributed by atoms with van der Waals surface area (Å²) >= 11 is -2.20. The van der Waals surface area contributed by atoms with Gasteiger partial charge in [0, 0.05) is 42.9 Å². The van der Waals surface area contributed by atoms with Gasteiger partial charge in [0.25, 0.3) is 5.91 Å². The number of aromatic hydroxyl groups is 2. The molecule has 156 valence electrons. The number of hydrogen-bond donors (Lipinski definition) is 2. The Bertz CT molecular complexity index is 1110. The molecule has 10 heteroatoms. The molecule has 1 fully saturated rings. The summed E-state index contributed by atoms with van der Waals surface area (Å²) in [5.74, 6) is -2.66. The summed E-state index contributed by atoms with van der Waals surface area (Å²) < 4.78 is 21.6. The van der Waals surface area contributed by atoms with E-state index in [1.807, 2.05) is 0 Å². The smallest absolute Gasteiger partial charge is 0.254 e. The SMILES string of the molecule is O=C1c2cccc(O)c2C(=O)c2c(O)cc(C(=O)N3CCN(CS(=O)[O-])CC3)cc21. The van der Waals surface area contributed by atoms with Crippen molar-refractivity contribution in [1.29, 1.82) is 0 Å². The van der Waals surface area contributed by atoms with Crippen molar-refractivity contribution in [2.24, 2.45) is 0 Å². The third kappa shape index (κ3) is 3.38. The molecule has 1 saturated heterocycles. The number of hydrogen-bond acceptors (Lipinski definition) is 8. The second-order valence-corrected chi connectivity index (χ2v) is 7.98. The Morgan fingerprint density at radius 3 is 2.30 bits per heavy atom. The molecule has 0 spiro atoms. The van der Waals surface area contributed by atoms with Crippen molar-refractivity contribution in [3.63, 3.8) is 0 Å². The van der Waals surface area contributed by atoms with Crippen LogP contribution in [0.15, 0.2) is 30.3 Å². The molecule has 2 aliphatic rings. The molecular formula is C20H17N2O7S-. The van der Waals surface area contributed by atoms with Crippen molar-refractivity contribution < 1.29 is 33.4 Å². The van der Waals surface area contributed by atoms with Gasteiger partial charge in [-0.1, -0.05) is 12.1 Å². The van der Waals surface area contributed by atoms with Crippen LogP contribution >= 0.6 is 0 Å². The number of piperazine rings is 1. The van der Waals surface area contributed by atoms with Crippen molar-refractivity contribution in [3.8, 4) is 11.5 Å². The highest BCUT2D eigenvalue weighted by Gasteiger charge is 2.35. The lowest BCUT2D eigenvalue weighted by Gasteiger charge is -2.35. The fourth-order valence-electron chi connectivity index (χ4n) is 3.82. The maximum absolute atomic E-state index is 12.9. The normalized spacial score (nSPS) is 17.4. The molecule has 0 saturated carbocycles. The second kappa shape index (κ2) is 7.63. The van der Waals surface area contributed by atoms with Crippen molar-refractivity contribution in [3.05, 3.63) is 58.1 Å². The number of rotatable bonds is 3. The van der Waals surface area contributed by atoms with Crippen LogP contribution in [0.1, 0.15) is 42.2 Å². The molecule has 1 atom stereocenters. The maximum Gasteiger partial charge on any atom is 0.254 e. The summed E-state index contributed by atoms with van der Waals surface area (Å²) in [6, 6.07) is 6.54. The van der Waals surface area contributed by atoms with Gasteiger partial charge in [-0.05, 0) is 29.3 Å². The van der Waals surface area contributed by atoms with Crippen LogP contribution < -0.4 is 0 Å². The van der Waals surface area contributed by atoms with E-state index in [1.165, 1.54) is 29.2 Å². The molecular weight excluding hydrogens is 412 g/mol. The Labute approximate surface area is 173 Å². The Morgan fingerprint density at radius 1 is 0.967 bits per heavy atom. The highest BCUT2D eigenvalue weighted by Crippen LogP contribution is 2.37. The van der Waals surface area contributed by atoms with E-state index in [0.29, 0.717) is 13.1 Å². The minimum Gasteiger partial charge on any atom is -0.771 e. The number of amides is 1. The van der Waals surface area contributed by atoms with Crippen LogP contribution in [0, 0.1) is 0 Å². The standard InChI is InChI=1S/C20H18N2O7S/c23-14-3-1-2-12-16(14)19(26)17-13(18(12)25)8-11(9-15(17)24)20(27)22-6-4-21(5-7-22)10-30(28)29/h1-3,8-9,23-24H,4-7,10H2,(H,28,29)/p-1.